The summed E-state index contributed by atoms with van der Waals surface area (Å²) in [4.78, 5) is 6.28. The number of aliphatic hydroxyl groups is 1. The van der Waals surface area contributed by atoms with Crippen molar-refractivity contribution in [2.75, 3.05) is 19.7 Å². The number of aliphatic hydroxyl groups excluding tert-OH is 1. The Kier molecular flexibility index (Phi) is 2.92. The first-order valence-electron chi connectivity index (χ1n) is 8.12. The molecule has 0 aliphatic carbocycles. The van der Waals surface area contributed by atoms with Crippen LogP contribution in [0, 0.1) is 12.8 Å². The van der Waals surface area contributed by atoms with Crippen molar-refractivity contribution >= 4 is 10.9 Å². The lowest BCUT2D eigenvalue weighted by Gasteiger charge is -2.52. The number of nitrogens with zero attached hydrogens (tertiary/aromatic N) is 1. The summed E-state index contributed by atoms with van der Waals surface area (Å²) in [6.07, 6.45) is 3.44. The largest absolute Gasteiger partial charge is 0.396 e. The molecule has 3 nitrogen and oxygen atoms in total. The number of nitrogens with one attached hydrogen (secondary N) is 1. The van der Waals surface area contributed by atoms with Crippen LogP contribution in [-0.4, -0.2) is 34.7 Å². The average Bonchev–Trinajstić information content (AvgIpc) is 2.85. The van der Waals surface area contributed by atoms with Crippen LogP contribution in [0.3, 0.4) is 0 Å². The Morgan fingerprint density at radius 2 is 2.24 bits per heavy atom. The van der Waals surface area contributed by atoms with E-state index in [2.05, 4.69) is 41.9 Å². The molecule has 0 unspecified atom stereocenters. The van der Waals surface area contributed by atoms with Crippen molar-refractivity contribution in [3.8, 4) is 0 Å². The van der Waals surface area contributed by atoms with Gasteiger partial charge in [0.2, 0.25) is 0 Å². The Morgan fingerprint density at radius 3 is 3.05 bits per heavy atom. The molecule has 2 aliphatic heterocycles. The van der Waals surface area contributed by atoms with Gasteiger partial charge in [-0.05, 0) is 57.4 Å². The van der Waals surface area contributed by atoms with Crippen LogP contribution in [0.25, 0.3) is 10.9 Å². The summed E-state index contributed by atoms with van der Waals surface area (Å²) in [6.45, 7) is 7.03. The lowest BCUT2D eigenvalue weighted by molar-refractivity contribution is -0.0303. The lowest BCUT2D eigenvalue weighted by atomic mass is 9.72. The SMILES string of the molecule is Cc1ccc2[nH]c3c(c2c1)CCN1CCC[C@@H](CO)[C@]31C. The summed E-state index contributed by atoms with van der Waals surface area (Å²) >= 11 is 0. The number of hydrogen-bond acceptors (Lipinski definition) is 2. The van der Waals surface area contributed by atoms with Gasteiger partial charge < -0.3 is 10.1 Å². The molecule has 2 aliphatic rings. The lowest BCUT2D eigenvalue weighted by Crippen LogP contribution is -2.57. The van der Waals surface area contributed by atoms with Crippen LogP contribution in [0.4, 0.5) is 0 Å². The zero-order valence-electron chi connectivity index (χ0n) is 12.9. The minimum Gasteiger partial charge on any atom is -0.396 e. The molecule has 0 bridgehead atoms. The molecular weight excluding hydrogens is 260 g/mol. The van der Waals surface area contributed by atoms with Gasteiger partial charge in [-0.25, -0.2) is 0 Å². The third-order valence-corrected chi connectivity index (χ3v) is 5.85. The van der Waals surface area contributed by atoms with E-state index in [1.54, 1.807) is 0 Å². The highest BCUT2D eigenvalue weighted by Gasteiger charge is 2.47. The van der Waals surface area contributed by atoms with Crippen LogP contribution < -0.4 is 0 Å². The van der Waals surface area contributed by atoms with Gasteiger partial charge in [0, 0.05) is 35.7 Å². The van der Waals surface area contributed by atoms with Crippen LogP contribution in [0.1, 0.15) is 36.6 Å². The second-order valence-electron chi connectivity index (χ2n) is 6.93. The molecule has 0 saturated carbocycles. The van der Waals surface area contributed by atoms with Gasteiger partial charge in [-0.2, -0.15) is 0 Å². The predicted molar refractivity (Wildman–Crippen MR) is 85.5 cm³/mol. The van der Waals surface area contributed by atoms with E-state index in [0.717, 1.165) is 25.9 Å². The van der Waals surface area contributed by atoms with Gasteiger partial charge in [0.05, 0.1) is 5.54 Å². The van der Waals surface area contributed by atoms with Crippen LogP contribution in [0.15, 0.2) is 18.2 Å². The number of benzene rings is 1. The fraction of sp³-hybridized carbons (Fsp3) is 0.556. The van der Waals surface area contributed by atoms with E-state index in [0.29, 0.717) is 5.92 Å². The van der Waals surface area contributed by atoms with Gasteiger partial charge in [0.25, 0.3) is 0 Å². The van der Waals surface area contributed by atoms with Gasteiger partial charge >= 0.3 is 0 Å². The second-order valence-corrected chi connectivity index (χ2v) is 6.93. The molecule has 0 spiro atoms. The number of fused-ring (bicyclic) bond motifs is 5. The zero-order chi connectivity index (χ0) is 14.6. The molecule has 1 saturated heterocycles. The van der Waals surface area contributed by atoms with E-state index in [1.165, 1.54) is 34.1 Å². The van der Waals surface area contributed by atoms with Crippen molar-refractivity contribution in [3.05, 3.63) is 35.0 Å². The number of hydrogen-bond donors (Lipinski definition) is 2. The highest BCUT2D eigenvalue weighted by atomic mass is 16.3. The molecule has 1 aromatic heterocycles. The smallest absolute Gasteiger partial charge is 0.0636 e. The quantitative estimate of drug-likeness (QED) is 0.845. The summed E-state index contributed by atoms with van der Waals surface area (Å²) in [6, 6.07) is 6.68. The van der Waals surface area contributed by atoms with Crippen LogP contribution >= 0.6 is 0 Å². The van der Waals surface area contributed by atoms with Crippen molar-refractivity contribution in [1.29, 1.82) is 0 Å². The van der Waals surface area contributed by atoms with Crippen molar-refractivity contribution in [2.24, 2.45) is 5.92 Å². The number of H-pyrrole nitrogens is 1. The number of aryl methyl sites for hydroxylation is 1. The van der Waals surface area contributed by atoms with E-state index in [4.69, 9.17) is 0 Å². The topological polar surface area (TPSA) is 39.3 Å². The third-order valence-electron chi connectivity index (χ3n) is 5.85. The van der Waals surface area contributed by atoms with Gasteiger partial charge in [0.15, 0.2) is 0 Å². The average molecular weight is 284 g/mol. The maximum absolute atomic E-state index is 9.90. The minimum absolute atomic E-state index is 0.0342. The molecule has 112 valence electrons. The Hall–Kier alpha value is -1.32. The molecule has 3 heteroatoms. The van der Waals surface area contributed by atoms with Crippen molar-refractivity contribution in [1.82, 2.24) is 9.88 Å². The number of aromatic amines is 1. The molecule has 2 aromatic rings. The first-order valence-corrected chi connectivity index (χ1v) is 8.12. The van der Waals surface area contributed by atoms with E-state index < -0.39 is 0 Å². The van der Waals surface area contributed by atoms with Gasteiger partial charge in [-0.3, -0.25) is 4.90 Å². The monoisotopic (exact) mass is 284 g/mol. The second kappa shape index (κ2) is 4.59. The summed E-state index contributed by atoms with van der Waals surface area (Å²) < 4.78 is 0. The summed E-state index contributed by atoms with van der Waals surface area (Å²) in [5.74, 6) is 0.333. The van der Waals surface area contributed by atoms with Crippen molar-refractivity contribution in [2.45, 2.75) is 38.6 Å². The first-order chi connectivity index (χ1) is 10.1. The summed E-state index contributed by atoms with van der Waals surface area (Å²) in [5, 5.41) is 11.3. The van der Waals surface area contributed by atoms with E-state index in [-0.39, 0.29) is 12.1 Å². The normalized spacial score (nSPS) is 29.4. The predicted octanol–water partition coefficient (Wildman–Crippen LogP) is 2.95. The highest BCUT2D eigenvalue weighted by molar-refractivity contribution is 5.86. The van der Waals surface area contributed by atoms with Gasteiger partial charge in [-0.1, -0.05) is 11.6 Å². The number of rotatable bonds is 1. The Balaban J connectivity index is 1.95. The molecule has 0 amide bonds. The molecule has 1 fully saturated rings. The zero-order valence-corrected chi connectivity index (χ0v) is 12.9. The molecule has 4 rings (SSSR count). The summed E-state index contributed by atoms with van der Waals surface area (Å²) in [7, 11) is 0. The fourth-order valence-electron chi connectivity index (χ4n) is 4.58. The number of aromatic nitrogens is 1. The summed E-state index contributed by atoms with van der Waals surface area (Å²) in [5.41, 5.74) is 5.36. The Labute approximate surface area is 126 Å². The standard InChI is InChI=1S/C18H24N2O/c1-12-5-6-16-15(10-12)14-7-9-20-8-3-4-13(11-21)18(20,2)17(14)19-16/h5-6,10,13,19,21H,3-4,7-9,11H2,1-2H3/t13-,18+/m0/s1. The maximum atomic E-state index is 9.90. The molecule has 2 N–H and O–H groups in total. The Morgan fingerprint density at radius 1 is 1.38 bits per heavy atom. The molecule has 1 aromatic carbocycles. The van der Waals surface area contributed by atoms with Crippen molar-refractivity contribution in [3.63, 3.8) is 0 Å². The minimum atomic E-state index is -0.0342. The molecule has 2 atom stereocenters. The van der Waals surface area contributed by atoms with E-state index in [1.807, 2.05) is 0 Å². The molecular formula is C18H24N2O. The van der Waals surface area contributed by atoms with E-state index >= 15 is 0 Å². The van der Waals surface area contributed by atoms with Crippen LogP contribution in [0.2, 0.25) is 0 Å². The maximum Gasteiger partial charge on any atom is 0.0636 e. The van der Waals surface area contributed by atoms with Gasteiger partial charge in [-0.15, -0.1) is 0 Å². The van der Waals surface area contributed by atoms with Crippen LogP contribution in [0.5, 0.6) is 0 Å². The number of piperidine rings is 1. The molecule has 0 radical (unpaired) electrons. The third kappa shape index (κ3) is 1.74. The fourth-order valence-corrected chi connectivity index (χ4v) is 4.58. The van der Waals surface area contributed by atoms with Gasteiger partial charge in [0.1, 0.15) is 0 Å². The molecule has 21 heavy (non-hydrogen) atoms. The Bertz CT molecular complexity index is 690. The highest BCUT2D eigenvalue weighted by Crippen LogP contribution is 2.47. The first kappa shape index (κ1) is 13.4. The van der Waals surface area contributed by atoms with Crippen LogP contribution in [-0.2, 0) is 12.0 Å². The molecule has 3 heterocycles. The van der Waals surface area contributed by atoms with E-state index in [9.17, 15) is 5.11 Å². The van der Waals surface area contributed by atoms with Crippen molar-refractivity contribution < 1.29 is 5.11 Å².